The quantitative estimate of drug-likeness (QED) is 0.311. The van der Waals surface area contributed by atoms with Gasteiger partial charge in [0.25, 0.3) is 0 Å². The van der Waals surface area contributed by atoms with E-state index in [9.17, 15) is 24.0 Å². The third kappa shape index (κ3) is 12.3. The molecule has 53 heavy (non-hydrogen) atoms. The van der Waals surface area contributed by atoms with Crippen LogP contribution in [0.2, 0.25) is 0 Å². The van der Waals surface area contributed by atoms with Crippen LogP contribution in [-0.2, 0) is 30.3 Å². The molecule has 18 heteroatoms. The monoisotopic (exact) mass is 741 g/mol. The van der Waals surface area contributed by atoms with Crippen LogP contribution >= 0.6 is 0 Å². The highest BCUT2D eigenvalue weighted by atomic mass is 16.6. The summed E-state index contributed by atoms with van der Waals surface area (Å²) in [6, 6.07) is -0.685. The van der Waals surface area contributed by atoms with Gasteiger partial charge in [0.1, 0.15) is 17.2 Å². The molecule has 1 atom stereocenters. The molecule has 2 aromatic heterocycles. The molecule has 2 aromatic rings. The van der Waals surface area contributed by atoms with Gasteiger partial charge in [-0.1, -0.05) is 0 Å². The van der Waals surface area contributed by atoms with Crippen molar-refractivity contribution in [2.75, 3.05) is 75.4 Å². The summed E-state index contributed by atoms with van der Waals surface area (Å²) in [5, 5.41) is 9.04. The van der Waals surface area contributed by atoms with E-state index in [-0.39, 0.29) is 43.4 Å². The van der Waals surface area contributed by atoms with Crippen molar-refractivity contribution >= 4 is 41.7 Å². The Balaban J connectivity index is 1.22. The fraction of sp³-hybridized carbons (Fsp3) is 0.629. The van der Waals surface area contributed by atoms with Gasteiger partial charge in [-0.2, -0.15) is 0 Å². The summed E-state index contributed by atoms with van der Waals surface area (Å²) < 4.78 is 16.6. The number of nitrogens with zero attached hydrogens (tertiary/aromatic N) is 9. The Morgan fingerprint density at radius 2 is 1.30 bits per heavy atom. The van der Waals surface area contributed by atoms with Crippen LogP contribution < -0.4 is 9.80 Å². The molecule has 3 amide bonds. The van der Waals surface area contributed by atoms with Crippen molar-refractivity contribution in [3.8, 4) is 0 Å². The zero-order valence-corrected chi connectivity index (χ0v) is 31.6. The van der Waals surface area contributed by atoms with Gasteiger partial charge in [-0.25, -0.2) is 39.2 Å². The molecule has 0 bridgehead atoms. The standard InChI is InChI=1S/C35H51N9O9/c1-24(45)27-23-42(31-36-18-25(19-37-31)22-44(32(49)52-34(2,3)4)33(50)53-35(5,6)7)13-14-43(27)28(46)8-16-51-17-15-40-9-11-41(12-10-40)30-38-20-26(21-39-30)29(47)48/h18-21,27H,8-17,22-23H2,1-7H3,(H,47,48)/t27-/m0/s1. The number of piperazine rings is 2. The fourth-order valence-electron chi connectivity index (χ4n) is 5.59. The number of aromatic nitrogens is 4. The second kappa shape index (κ2) is 17.7. The molecule has 1 N–H and O–H groups in total. The number of ether oxygens (including phenoxy) is 3. The Kier molecular flexibility index (Phi) is 13.6. The molecule has 2 saturated heterocycles. The molecule has 0 saturated carbocycles. The van der Waals surface area contributed by atoms with Gasteiger partial charge in [0, 0.05) is 82.7 Å². The van der Waals surface area contributed by atoms with Crippen LogP contribution in [-0.4, -0.2) is 152 Å². The largest absolute Gasteiger partial charge is 0.478 e. The highest BCUT2D eigenvalue weighted by Gasteiger charge is 2.35. The number of carbonyl (C=O) groups excluding carboxylic acids is 4. The van der Waals surface area contributed by atoms with Crippen molar-refractivity contribution in [2.45, 2.75) is 78.7 Å². The number of aromatic carboxylic acids is 1. The third-order valence-electron chi connectivity index (χ3n) is 8.27. The predicted molar refractivity (Wildman–Crippen MR) is 192 cm³/mol. The number of carbonyl (C=O) groups is 5. The van der Waals surface area contributed by atoms with Crippen LogP contribution in [0, 0.1) is 0 Å². The molecular weight excluding hydrogens is 690 g/mol. The Morgan fingerprint density at radius 1 is 0.774 bits per heavy atom. The van der Waals surface area contributed by atoms with Crippen molar-refractivity contribution in [3.05, 3.63) is 35.9 Å². The first kappa shape index (κ1) is 40.8. The summed E-state index contributed by atoms with van der Waals surface area (Å²) in [5.41, 5.74) is -1.16. The first-order valence-corrected chi connectivity index (χ1v) is 17.6. The van der Waals surface area contributed by atoms with Gasteiger partial charge < -0.3 is 34.0 Å². The van der Waals surface area contributed by atoms with Gasteiger partial charge in [-0.05, 0) is 48.5 Å². The molecule has 0 radical (unpaired) electrons. The molecule has 290 valence electrons. The second-order valence-corrected chi connectivity index (χ2v) is 14.9. The van der Waals surface area contributed by atoms with Crippen molar-refractivity contribution in [1.29, 1.82) is 0 Å². The third-order valence-corrected chi connectivity index (χ3v) is 8.27. The van der Waals surface area contributed by atoms with Gasteiger partial charge in [0.05, 0.1) is 31.7 Å². The van der Waals surface area contributed by atoms with Crippen LogP contribution in [0.15, 0.2) is 24.8 Å². The predicted octanol–water partition coefficient (Wildman–Crippen LogP) is 2.47. The number of imide groups is 1. The van der Waals surface area contributed by atoms with Crippen LogP contribution in [0.4, 0.5) is 21.5 Å². The van der Waals surface area contributed by atoms with E-state index in [0.717, 1.165) is 18.0 Å². The highest BCUT2D eigenvalue weighted by Crippen LogP contribution is 2.20. The maximum Gasteiger partial charge on any atom is 0.420 e. The van der Waals surface area contributed by atoms with Gasteiger partial charge in [0.15, 0.2) is 5.78 Å². The minimum Gasteiger partial charge on any atom is -0.478 e. The molecule has 0 unspecified atom stereocenters. The molecule has 0 aromatic carbocycles. The summed E-state index contributed by atoms with van der Waals surface area (Å²) in [6.45, 7) is 16.7. The van der Waals surface area contributed by atoms with Crippen LogP contribution in [0.3, 0.4) is 0 Å². The average molecular weight is 742 g/mol. The molecule has 0 aliphatic carbocycles. The number of Topliss-reactive ketones (excluding diaryl/α,β-unsaturated/α-hetero) is 1. The lowest BCUT2D eigenvalue weighted by Gasteiger charge is -2.40. The zero-order valence-electron chi connectivity index (χ0n) is 31.6. The highest BCUT2D eigenvalue weighted by molar-refractivity contribution is 5.89. The maximum absolute atomic E-state index is 13.2. The number of anilines is 2. The molecule has 18 nitrogen and oxygen atoms in total. The van der Waals surface area contributed by atoms with Gasteiger partial charge in [-0.3, -0.25) is 14.5 Å². The van der Waals surface area contributed by atoms with E-state index in [1.165, 1.54) is 31.7 Å². The molecule has 2 aliphatic heterocycles. The van der Waals surface area contributed by atoms with Crippen LogP contribution in [0.1, 0.15) is 70.8 Å². The van der Waals surface area contributed by atoms with E-state index < -0.39 is 35.4 Å². The number of ketones is 1. The van der Waals surface area contributed by atoms with E-state index in [0.29, 0.717) is 56.8 Å². The fourth-order valence-corrected chi connectivity index (χ4v) is 5.59. The molecule has 4 rings (SSSR count). The SMILES string of the molecule is CC(=O)[C@@H]1CN(c2ncc(CN(C(=O)OC(C)(C)C)C(=O)OC(C)(C)C)cn2)CCN1C(=O)CCOCCN1CCN(c2ncc(C(=O)O)cn2)CC1. The smallest absolute Gasteiger partial charge is 0.420 e. The number of hydrogen-bond acceptors (Lipinski definition) is 15. The maximum atomic E-state index is 13.2. The minimum absolute atomic E-state index is 0.0462. The molecule has 0 spiro atoms. The van der Waals surface area contributed by atoms with Crippen molar-refractivity contribution in [3.63, 3.8) is 0 Å². The normalized spacial score (nSPS) is 17.0. The van der Waals surface area contributed by atoms with E-state index in [4.69, 9.17) is 19.3 Å². The van der Waals surface area contributed by atoms with E-state index in [1.807, 2.05) is 9.80 Å². The Bertz CT molecular complexity index is 1560. The van der Waals surface area contributed by atoms with Crippen LogP contribution in [0.25, 0.3) is 0 Å². The Hall–Kier alpha value is -4.97. The lowest BCUT2D eigenvalue weighted by Crippen LogP contribution is -2.58. The number of carboxylic acid groups (broad SMARTS) is 1. The average Bonchev–Trinajstić information content (AvgIpc) is 3.09. The number of hydrogen-bond donors (Lipinski definition) is 1. The van der Waals surface area contributed by atoms with Gasteiger partial charge in [0.2, 0.25) is 17.8 Å². The van der Waals surface area contributed by atoms with E-state index in [1.54, 1.807) is 46.4 Å². The number of amides is 3. The van der Waals surface area contributed by atoms with E-state index >= 15 is 0 Å². The van der Waals surface area contributed by atoms with Crippen molar-refractivity contribution < 1.29 is 43.3 Å². The van der Waals surface area contributed by atoms with Gasteiger partial charge in [-0.15, -0.1) is 0 Å². The van der Waals surface area contributed by atoms with E-state index in [2.05, 4.69) is 24.8 Å². The second-order valence-electron chi connectivity index (χ2n) is 14.9. The van der Waals surface area contributed by atoms with Gasteiger partial charge >= 0.3 is 18.2 Å². The Labute approximate surface area is 309 Å². The summed E-state index contributed by atoms with van der Waals surface area (Å²) in [5.74, 6) is -0.549. The summed E-state index contributed by atoms with van der Waals surface area (Å²) >= 11 is 0. The molecule has 2 fully saturated rings. The summed E-state index contributed by atoms with van der Waals surface area (Å²) in [7, 11) is 0. The first-order valence-electron chi connectivity index (χ1n) is 17.6. The summed E-state index contributed by atoms with van der Waals surface area (Å²) in [4.78, 5) is 88.4. The van der Waals surface area contributed by atoms with Crippen molar-refractivity contribution in [2.24, 2.45) is 0 Å². The van der Waals surface area contributed by atoms with Crippen LogP contribution in [0.5, 0.6) is 0 Å². The topological polar surface area (TPSA) is 201 Å². The number of carboxylic acids is 1. The molecular formula is C35H51N9O9. The number of rotatable bonds is 12. The molecule has 2 aliphatic rings. The molecule has 4 heterocycles. The summed E-state index contributed by atoms with van der Waals surface area (Å²) in [6.07, 6.45) is 4.02. The lowest BCUT2D eigenvalue weighted by molar-refractivity contribution is -0.140. The van der Waals surface area contributed by atoms with Crippen molar-refractivity contribution in [1.82, 2.24) is 34.6 Å². The Morgan fingerprint density at radius 3 is 1.83 bits per heavy atom. The zero-order chi connectivity index (χ0) is 38.9. The first-order chi connectivity index (χ1) is 24.9. The minimum atomic E-state index is -1.06. The lowest BCUT2D eigenvalue weighted by atomic mass is 10.1.